The Morgan fingerprint density at radius 2 is 1.79 bits per heavy atom. The molecule has 0 radical (unpaired) electrons. The lowest BCUT2D eigenvalue weighted by molar-refractivity contribution is -0.135. The second kappa shape index (κ2) is 10.7. The van der Waals surface area contributed by atoms with Crippen molar-refractivity contribution in [2.75, 3.05) is 37.4 Å². The maximum absolute atomic E-state index is 14.3. The zero-order chi connectivity index (χ0) is 30.8. The van der Waals surface area contributed by atoms with Crippen molar-refractivity contribution in [3.05, 3.63) is 53.6 Å². The summed E-state index contributed by atoms with van der Waals surface area (Å²) in [5, 5.41) is 0. The van der Waals surface area contributed by atoms with Crippen LogP contribution in [0.4, 0.5) is 0 Å². The van der Waals surface area contributed by atoms with Crippen molar-refractivity contribution in [2.24, 2.45) is 23.8 Å². The van der Waals surface area contributed by atoms with Crippen LogP contribution in [-0.2, 0) is 50.0 Å². The zero-order valence-corrected chi connectivity index (χ0v) is 27.6. The first-order chi connectivity index (χ1) is 20.2. The second-order valence-electron chi connectivity index (χ2n) is 14.4. The van der Waals surface area contributed by atoms with Crippen LogP contribution in [0.2, 0.25) is 0 Å². The van der Waals surface area contributed by atoms with E-state index in [1.807, 2.05) is 7.05 Å². The van der Waals surface area contributed by atoms with E-state index in [2.05, 4.69) is 43.1 Å². The molecule has 43 heavy (non-hydrogen) atoms. The third-order valence-corrected chi connectivity index (χ3v) is 14.8. The molecule has 0 unspecified atom stereocenters. The highest BCUT2D eigenvalue weighted by Gasteiger charge is 2.67. The van der Waals surface area contributed by atoms with Crippen molar-refractivity contribution < 1.29 is 21.6 Å². The van der Waals surface area contributed by atoms with Gasteiger partial charge in [0, 0.05) is 50.6 Å². The van der Waals surface area contributed by atoms with Crippen LogP contribution in [-0.4, -0.2) is 84.9 Å². The summed E-state index contributed by atoms with van der Waals surface area (Å²) in [7, 11) is -5.13. The van der Waals surface area contributed by atoms with E-state index in [4.69, 9.17) is 0 Å². The van der Waals surface area contributed by atoms with E-state index in [0.29, 0.717) is 31.6 Å². The summed E-state index contributed by atoms with van der Waals surface area (Å²) in [5.41, 5.74) is 2.53. The summed E-state index contributed by atoms with van der Waals surface area (Å²) in [6, 6.07) is 8.27. The number of imidazole rings is 1. The van der Waals surface area contributed by atoms with E-state index < -0.39 is 25.3 Å². The minimum absolute atomic E-state index is 0.00992. The SMILES string of the molecule is Cn1cnc(CC(=O)N(CCS(C)(=O)=O)[C@H]2C[C@H]3CC[C@]2(CS(=O)(=O)N2CCC4(CCc5ccccc54)CC2)C3(C)C)c1. The van der Waals surface area contributed by atoms with Crippen molar-refractivity contribution in [3.8, 4) is 0 Å². The molecule has 3 aliphatic carbocycles. The molecule has 1 saturated heterocycles. The highest BCUT2D eigenvalue weighted by Crippen LogP contribution is 2.67. The Bertz CT molecular complexity index is 1610. The average Bonchev–Trinajstić information content (AvgIpc) is 3.63. The molecule has 1 aromatic heterocycles. The van der Waals surface area contributed by atoms with Gasteiger partial charge < -0.3 is 9.47 Å². The van der Waals surface area contributed by atoms with E-state index in [1.54, 1.807) is 26.3 Å². The van der Waals surface area contributed by atoms with Crippen LogP contribution in [0.5, 0.6) is 0 Å². The van der Waals surface area contributed by atoms with Gasteiger partial charge in [0.05, 0.1) is 29.9 Å². The molecule has 6 rings (SSSR count). The van der Waals surface area contributed by atoms with Crippen LogP contribution in [0, 0.1) is 16.7 Å². The number of carbonyl (C=O) groups excluding carboxylic acids is 1. The predicted molar refractivity (Wildman–Crippen MR) is 167 cm³/mol. The Morgan fingerprint density at radius 1 is 1.07 bits per heavy atom. The lowest BCUT2D eigenvalue weighted by Gasteiger charge is -2.48. The minimum atomic E-state index is -3.63. The number of nitrogens with zero attached hydrogens (tertiary/aromatic N) is 4. The van der Waals surface area contributed by atoms with Gasteiger partial charge in [0.15, 0.2) is 0 Å². The normalized spacial score (nSPS) is 27.9. The molecule has 1 amide bonds. The van der Waals surface area contributed by atoms with Crippen molar-refractivity contribution in [1.82, 2.24) is 18.8 Å². The Hall–Kier alpha value is -2.24. The molecule has 9 nitrogen and oxygen atoms in total. The number of rotatable bonds is 9. The number of aromatic nitrogens is 2. The molecule has 3 fully saturated rings. The average molecular weight is 631 g/mol. The first-order valence-corrected chi connectivity index (χ1v) is 19.3. The van der Waals surface area contributed by atoms with Crippen LogP contribution in [0.3, 0.4) is 0 Å². The highest BCUT2D eigenvalue weighted by molar-refractivity contribution is 7.90. The summed E-state index contributed by atoms with van der Waals surface area (Å²) >= 11 is 0. The maximum atomic E-state index is 14.3. The summed E-state index contributed by atoms with van der Waals surface area (Å²) in [4.78, 5) is 19.9. The fourth-order valence-corrected chi connectivity index (χ4v) is 12.0. The third-order valence-electron chi connectivity index (χ3n) is 11.9. The number of hydrogen-bond acceptors (Lipinski definition) is 6. The van der Waals surface area contributed by atoms with Gasteiger partial charge in [-0.15, -0.1) is 0 Å². The van der Waals surface area contributed by atoms with Crippen molar-refractivity contribution in [3.63, 3.8) is 0 Å². The third kappa shape index (κ3) is 5.37. The van der Waals surface area contributed by atoms with Crippen LogP contribution in [0.15, 0.2) is 36.8 Å². The van der Waals surface area contributed by atoms with Crippen LogP contribution in [0.1, 0.15) is 69.2 Å². The molecule has 0 N–H and O–H groups in total. The Balaban J connectivity index is 1.26. The number of fused-ring (bicyclic) bond motifs is 4. The molecule has 4 aliphatic rings. The van der Waals surface area contributed by atoms with Gasteiger partial charge in [-0.3, -0.25) is 4.79 Å². The minimum Gasteiger partial charge on any atom is -0.340 e. The largest absolute Gasteiger partial charge is 0.340 e. The van der Waals surface area contributed by atoms with E-state index in [9.17, 15) is 21.6 Å². The molecule has 2 bridgehead atoms. The summed E-state index contributed by atoms with van der Waals surface area (Å²) < 4.78 is 56.7. The smallest absolute Gasteiger partial charge is 0.228 e. The predicted octanol–water partition coefficient (Wildman–Crippen LogP) is 3.34. The molecule has 11 heteroatoms. The van der Waals surface area contributed by atoms with E-state index in [0.717, 1.165) is 32.1 Å². The Kier molecular flexibility index (Phi) is 7.65. The first-order valence-electron chi connectivity index (χ1n) is 15.7. The van der Waals surface area contributed by atoms with Gasteiger partial charge in [-0.1, -0.05) is 38.1 Å². The molecule has 236 valence electrons. The molecule has 2 heterocycles. The molecular weight excluding hydrogens is 585 g/mol. The summed E-state index contributed by atoms with van der Waals surface area (Å²) in [5.74, 6) is -0.0755. The fourth-order valence-electron chi connectivity index (χ4n) is 9.23. The van der Waals surface area contributed by atoms with Crippen LogP contribution < -0.4 is 0 Å². The molecule has 1 aromatic carbocycles. The second-order valence-corrected chi connectivity index (χ2v) is 18.6. The van der Waals surface area contributed by atoms with E-state index >= 15 is 0 Å². The maximum Gasteiger partial charge on any atom is 0.228 e. The molecule has 2 aromatic rings. The number of hydrogen-bond donors (Lipinski definition) is 0. The molecule has 3 atom stereocenters. The zero-order valence-electron chi connectivity index (χ0n) is 26.0. The lowest BCUT2D eigenvalue weighted by Crippen LogP contribution is -2.57. The van der Waals surface area contributed by atoms with Crippen molar-refractivity contribution in [1.29, 1.82) is 0 Å². The lowest BCUT2D eigenvalue weighted by atomic mass is 9.68. The fraction of sp³-hybridized carbons (Fsp3) is 0.688. The van der Waals surface area contributed by atoms with Crippen molar-refractivity contribution >= 4 is 25.8 Å². The first kappa shape index (κ1) is 30.8. The standard InChI is InChI=1S/C32H46N4O5S2/c1-30(2)25-10-12-32(30,28(19-25)36(17-18-42(4,38)39)29(37)20-26-21-34(3)23-33-26)22-43(40,41)35-15-13-31(14-16-35)11-9-24-7-5-6-8-27(24)31/h5-8,21,23,25,28H,9-20,22H2,1-4H3/t25-,28+,32-/m1/s1. The van der Waals surface area contributed by atoms with Crippen LogP contribution >= 0.6 is 0 Å². The number of amides is 1. The number of sulfone groups is 1. The van der Waals surface area contributed by atoms with Gasteiger partial charge in [-0.2, -0.15) is 0 Å². The van der Waals surface area contributed by atoms with Gasteiger partial charge in [0.1, 0.15) is 9.84 Å². The van der Waals surface area contributed by atoms with Gasteiger partial charge in [-0.05, 0) is 72.8 Å². The number of carbonyl (C=O) groups is 1. The highest BCUT2D eigenvalue weighted by atomic mass is 32.2. The number of sulfonamides is 1. The quantitative estimate of drug-likeness (QED) is 0.421. The summed E-state index contributed by atoms with van der Waals surface area (Å²) in [6.45, 7) is 5.42. The summed E-state index contributed by atoms with van der Waals surface area (Å²) in [6.07, 6.45) is 10.8. The molecule has 2 saturated carbocycles. The van der Waals surface area contributed by atoms with E-state index in [1.165, 1.54) is 17.4 Å². The van der Waals surface area contributed by atoms with E-state index in [-0.39, 0.29) is 53.2 Å². The Labute approximate surface area is 257 Å². The number of piperidine rings is 1. The van der Waals surface area contributed by atoms with Crippen LogP contribution in [0.25, 0.3) is 0 Å². The van der Waals surface area contributed by atoms with Gasteiger partial charge in [-0.25, -0.2) is 26.1 Å². The van der Waals surface area contributed by atoms with Gasteiger partial charge >= 0.3 is 0 Å². The van der Waals surface area contributed by atoms with Crippen molar-refractivity contribution in [2.45, 2.75) is 76.7 Å². The molecular formula is C32H46N4O5S2. The Morgan fingerprint density at radius 3 is 2.44 bits per heavy atom. The molecule has 1 spiro atoms. The molecule has 1 aliphatic heterocycles. The van der Waals surface area contributed by atoms with Gasteiger partial charge in [0.25, 0.3) is 0 Å². The topological polar surface area (TPSA) is 110 Å². The monoisotopic (exact) mass is 630 g/mol. The number of benzene rings is 1. The number of aryl methyl sites for hydroxylation is 2. The van der Waals surface area contributed by atoms with Gasteiger partial charge in [0.2, 0.25) is 15.9 Å².